The molecule has 0 aliphatic heterocycles. The van der Waals surface area contributed by atoms with Gasteiger partial charge in [0.2, 0.25) is 5.78 Å². The molecule has 6 heteroatoms. The molecule has 2 aromatic heterocycles. The molecule has 0 unspecified atom stereocenters. The second-order valence-corrected chi connectivity index (χ2v) is 2.88. The zero-order valence-electron chi connectivity index (χ0n) is 7.88. The SMILES string of the molecule is Cn1ncc(C(=O)c2ncccc2F)n1. The van der Waals surface area contributed by atoms with E-state index in [2.05, 4.69) is 15.2 Å². The predicted molar refractivity (Wildman–Crippen MR) is 48.6 cm³/mol. The van der Waals surface area contributed by atoms with E-state index in [1.807, 2.05) is 0 Å². The van der Waals surface area contributed by atoms with Gasteiger partial charge in [-0.3, -0.25) is 4.79 Å². The molecule has 0 saturated carbocycles. The molecule has 2 rings (SSSR count). The molecule has 0 amide bonds. The Morgan fingerprint density at radius 3 is 2.93 bits per heavy atom. The van der Waals surface area contributed by atoms with Crippen LogP contribution < -0.4 is 0 Å². The lowest BCUT2D eigenvalue weighted by Crippen LogP contribution is -2.08. The Morgan fingerprint density at radius 1 is 1.53 bits per heavy atom. The molecule has 5 nitrogen and oxygen atoms in total. The number of rotatable bonds is 2. The summed E-state index contributed by atoms with van der Waals surface area (Å²) in [4.78, 5) is 16.6. The van der Waals surface area contributed by atoms with Crippen molar-refractivity contribution in [2.45, 2.75) is 0 Å². The Labute approximate surface area is 84.6 Å². The van der Waals surface area contributed by atoms with Crippen molar-refractivity contribution in [3.8, 4) is 0 Å². The molecule has 0 fully saturated rings. The molecule has 2 aromatic rings. The third-order valence-corrected chi connectivity index (χ3v) is 1.81. The topological polar surface area (TPSA) is 60.7 Å². The quantitative estimate of drug-likeness (QED) is 0.674. The maximum Gasteiger partial charge on any atom is 0.236 e. The second kappa shape index (κ2) is 3.56. The summed E-state index contributed by atoms with van der Waals surface area (Å²) in [5, 5.41) is 7.50. The third-order valence-electron chi connectivity index (χ3n) is 1.81. The van der Waals surface area contributed by atoms with Crippen molar-refractivity contribution in [2.24, 2.45) is 7.05 Å². The van der Waals surface area contributed by atoms with Crippen molar-refractivity contribution >= 4 is 5.78 Å². The predicted octanol–water partition coefficient (Wildman–Crippen LogP) is 0.580. The summed E-state index contributed by atoms with van der Waals surface area (Å²) in [6, 6.07) is 2.60. The van der Waals surface area contributed by atoms with Crippen molar-refractivity contribution < 1.29 is 9.18 Å². The average molecular weight is 206 g/mol. The van der Waals surface area contributed by atoms with Gasteiger partial charge in [0.25, 0.3) is 0 Å². The van der Waals surface area contributed by atoms with E-state index in [0.29, 0.717) is 0 Å². The van der Waals surface area contributed by atoms with Crippen LogP contribution >= 0.6 is 0 Å². The zero-order valence-corrected chi connectivity index (χ0v) is 7.88. The van der Waals surface area contributed by atoms with Crippen molar-refractivity contribution in [3.05, 3.63) is 41.7 Å². The zero-order chi connectivity index (χ0) is 10.8. The van der Waals surface area contributed by atoms with Gasteiger partial charge in [0.1, 0.15) is 5.69 Å². The van der Waals surface area contributed by atoms with E-state index < -0.39 is 11.6 Å². The third kappa shape index (κ3) is 1.74. The summed E-state index contributed by atoms with van der Waals surface area (Å²) in [5.74, 6) is -1.23. The highest BCUT2D eigenvalue weighted by Crippen LogP contribution is 2.07. The first kappa shape index (κ1) is 9.45. The number of nitrogens with zero attached hydrogens (tertiary/aromatic N) is 4. The van der Waals surface area contributed by atoms with Crippen LogP contribution in [0.15, 0.2) is 24.5 Å². The number of ketones is 1. The standard InChI is InChI=1S/C9H7FN4O/c1-14-12-5-7(13-14)9(15)8-6(10)3-2-4-11-8/h2-5H,1H3. The average Bonchev–Trinajstić information content (AvgIpc) is 2.65. The molecule has 0 atom stereocenters. The molecular formula is C9H7FN4O. The Morgan fingerprint density at radius 2 is 2.33 bits per heavy atom. The lowest BCUT2D eigenvalue weighted by atomic mass is 10.2. The van der Waals surface area contributed by atoms with Crippen molar-refractivity contribution in [2.75, 3.05) is 0 Å². The smallest absolute Gasteiger partial charge is 0.236 e. The lowest BCUT2D eigenvalue weighted by Gasteiger charge is -1.96. The van der Waals surface area contributed by atoms with Crippen molar-refractivity contribution in [1.29, 1.82) is 0 Å². The Bertz CT molecular complexity index is 508. The minimum Gasteiger partial charge on any atom is -0.285 e. The van der Waals surface area contributed by atoms with Gasteiger partial charge in [0.05, 0.1) is 6.20 Å². The van der Waals surface area contributed by atoms with Gasteiger partial charge in [-0.15, -0.1) is 0 Å². The van der Waals surface area contributed by atoms with Gasteiger partial charge in [-0.05, 0) is 12.1 Å². The lowest BCUT2D eigenvalue weighted by molar-refractivity contribution is 0.102. The van der Waals surface area contributed by atoms with Crippen LogP contribution in [0.2, 0.25) is 0 Å². The molecule has 0 saturated heterocycles. The Hall–Kier alpha value is -2.11. The molecule has 0 aromatic carbocycles. The van der Waals surface area contributed by atoms with Crippen LogP contribution in [-0.4, -0.2) is 25.8 Å². The van der Waals surface area contributed by atoms with E-state index in [4.69, 9.17) is 0 Å². The van der Waals surface area contributed by atoms with Crippen molar-refractivity contribution in [1.82, 2.24) is 20.0 Å². The first-order chi connectivity index (χ1) is 7.18. The molecule has 15 heavy (non-hydrogen) atoms. The molecule has 2 heterocycles. The number of pyridine rings is 1. The summed E-state index contributed by atoms with van der Waals surface area (Å²) < 4.78 is 13.2. The first-order valence-corrected chi connectivity index (χ1v) is 4.20. The van der Waals surface area contributed by atoms with Crippen LogP contribution in [-0.2, 0) is 7.05 Å². The fraction of sp³-hybridized carbons (Fsp3) is 0.111. The van der Waals surface area contributed by atoms with Gasteiger partial charge in [0.15, 0.2) is 11.5 Å². The van der Waals surface area contributed by atoms with Crippen molar-refractivity contribution in [3.63, 3.8) is 0 Å². The Balaban J connectivity index is 2.41. The van der Waals surface area contributed by atoms with E-state index >= 15 is 0 Å². The molecule has 0 bridgehead atoms. The van der Waals surface area contributed by atoms with Crippen LogP contribution in [0.4, 0.5) is 4.39 Å². The number of aromatic nitrogens is 4. The van der Waals surface area contributed by atoms with Crippen LogP contribution in [0, 0.1) is 5.82 Å². The van der Waals surface area contributed by atoms with E-state index in [-0.39, 0.29) is 11.4 Å². The maximum atomic E-state index is 13.2. The van der Waals surface area contributed by atoms with Gasteiger partial charge in [-0.25, -0.2) is 9.37 Å². The van der Waals surface area contributed by atoms with Gasteiger partial charge < -0.3 is 0 Å². The molecule has 0 aliphatic rings. The highest BCUT2D eigenvalue weighted by Gasteiger charge is 2.17. The largest absolute Gasteiger partial charge is 0.285 e. The number of carbonyl (C=O) groups excluding carboxylic acids is 1. The maximum absolute atomic E-state index is 13.2. The number of aryl methyl sites for hydroxylation is 1. The Kier molecular flexibility index (Phi) is 2.24. The summed E-state index contributed by atoms with van der Waals surface area (Å²) in [6.45, 7) is 0. The van der Waals surface area contributed by atoms with Gasteiger partial charge in [-0.2, -0.15) is 15.0 Å². The van der Waals surface area contributed by atoms with E-state index in [9.17, 15) is 9.18 Å². The second-order valence-electron chi connectivity index (χ2n) is 2.88. The number of halogens is 1. The molecule has 0 N–H and O–H groups in total. The molecule has 0 radical (unpaired) electrons. The fourth-order valence-corrected chi connectivity index (χ4v) is 1.12. The fourth-order valence-electron chi connectivity index (χ4n) is 1.12. The molecular weight excluding hydrogens is 199 g/mol. The number of hydrogen-bond donors (Lipinski definition) is 0. The van der Waals surface area contributed by atoms with Gasteiger partial charge in [-0.1, -0.05) is 0 Å². The monoisotopic (exact) mass is 206 g/mol. The van der Waals surface area contributed by atoms with Crippen LogP contribution in [0.3, 0.4) is 0 Å². The summed E-state index contributed by atoms with van der Waals surface area (Å²) in [7, 11) is 1.57. The normalized spacial score (nSPS) is 10.3. The minimum atomic E-state index is -0.659. The van der Waals surface area contributed by atoms with E-state index in [0.717, 1.165) is 0 Å². The summed E-state index contributed by atoms with van der Waals surface area (Å²) in [5.41, 5.74) is -0.159. The van der Waals surface area contributed by atoms with Crippen LogP contribution in [0.1, 0.15) is 16.2 Å². The van der Waals surface area contributed by atoms with Crippen LogP contribution in [0.25, 0.3) is 0 Å². The highest BCUT2D eigenvalue weighted by atomic mass is 19.1. The highest BCUT2D eigenvalue weighted by molar-refractivity contribution is 6.06. The molecule has 0 aliphatic carbocycles. The van der Waals surface area contributed by atoms with Gasteiger partial charge >= 0.3 is 0 Å². The van der Waals surface area contributed by atoms with E-state index in [1.54, 1.807) is 7.05 Å². The van der Waals surface area contributed by atoms with E-state index in [1.165, 1.54) is 29.3 Å². The van der Waals surface area contributed by atoms with Crippen LogP contribution in [0.5, 0.6) is 0 Å². The van der Waals surface area contributed by atoms with Gasteiger partial charge in [0, 0.05) is 13.2 Å². The minimum absolute atomic E-state index is 0.0788. The number of carbonyl (C=O) groups is 1. The number of hydrogen-bond acceptors (Lipinski definition) is 4. The first-order valence-electron chi connectivity index (χ1n) is 4.20. The molecule has 0 spiro atoms. The summed E-state index contributed by atoms with van der Waals surface area (Å²) >= 11 is 0. The summed E-state index contributed by atoms with van der Waals surface area (Å²) in [6.07, 6.45) is 2.63. The molecule has 76 valence electrons.